The van der Waals surface area contributed by atoms with Crippen molar-refractivity contribution in [3.8, 4) is 5.75 Å². The summed E-state index contributed by atoms with van der Waals surface area (Å²) in [4.78, 5) is 74.0. The van der Waals surface area contributed by atoms with Crippen molar-refractivity contribution in [2.45, 2.75) is 62.6 Å². The number of unbranched alkanes of at least 4 members (excludes halogenated alkanes) is 1. The molecule has 4 atom stereocenters. The van der Waals surface area contributed by atoms with Crippen molar-refractivity contribution >= 4 is 48.1 Å². The van der Waals surface area contributed by atoms with Crippen molar-refractivity contribution in [1.82, 2.24) is 26.6 Å². The number of benzene rings is 1. The van der Waals surface area contributed by atoms with E-state index in [1.165, 1.54) is 24.3 Å². The number of aliphatic hydroxyl groups excluding tert-OH is 1. The molecule has 4 unspecified atom stereocenters. The van der Waals surface area contributed by atoms with Crippen LogP contribution >= 0.6 is 12.6 Å². The molecule has 0 radical (unpaired) electrons. The molecule has 0 heterocycles. The number of hydrogen-bond donors (Lipinski definition) is 12. The molecule has 0 bridgehead atoms. The summed E-state index contributed by atoms with van der Waals surface area (Å²) in [5, 5.41) is 48.4. The molecule has 13 N–H and O–H groups in total. The first kappa shape index (κ1) is 38.1. The summed E-state index contributed by atoms with van der Waals surface area (Å²) in [6, 6.07) is 0.993. The normalized spacial score (nSPS) is 13.6. The van der Waals surface area contributed by atoms with E-state index in [1.54, 1.807) is 0 Å². The van der Waals surface area contributed by atoms with Gasteiger partial charge in [0, 0.05) is 12.2 Å². The average Bonchev–Trinajstić information content (AvgIpc) is 2.97. The lowest BCUT2D eigenvalue weighted by Crippen LogP contribution is -2.55. The van der Waals surface area contributed by atoms with Gasteiger partial charge in [-0.05, 0) is 37.1 Å². The average molecular weight is 644 g/mol. The largest absolute Gasteiger partial charge is 0.508 e. The number of amides is 5. The lowest BCUT2D eigenvalue weighted by atomic mass is 10.0. The first-order valence-corrected chi connectivity index (χ1v) is 14.3. The van der Waals surface area contributed by atoms with Gasteiger partial charge < -0.3 is 58.5 Å². The molecule has 0 fully saturated rings. The Balaban J connectivity index is 2.84. The maximum Gasteiger partial charge on any atom is 0.305 e. The second-order valence-corrected chi connectivity index (χ2v) is 10.1. The molecule has 0 saturated carbocycles. The molecule has 0 saturated heterocycles. The fourth-order valence-corrected chi connectivity index (χ4v) is 3.96. The molecule has 18 heteroatoms. The van der Waals surface area contributed by atoms with Gasteiger partial charge in [0.15, 0.2) is 6.29 Å². The molecule has 246 valence electrons. The number of carbonyl (C=O) groups is 6. The van der Waals surface area contributed by atoms with Gasteiger partial charge in [-0.15, -0.1) is 0 Å². The van der Waals surface area contributed by atoms with Crippen LogP contribution in [0.5, 0.6) is 5.75 Å². The first-order chi connectivity index (χ1) is 20.8. The van der Waals surface area contributed by atoms with Crippen molar-refractivity contribution in [2.75, 3.05) is 25.4 Å². The van der Waals surface area contributed by atoms with E-state index in [4.69, 9.17) is 26.8 Å². The number of nitrogens with two attached hydrogens (primary N) is 2. The summed E-state index contributed by atoms with van der Waals surface area (Å²) >= 11 is 3.86. The van der Waals surface area contributed by atoms with Crippen LogP contribution in [0.15, 0.2) is 24.3 Å². The van der Waals surface area contributed by atoms with Crippen LogP contribution in [0.3, 0.4) is 0 Å². The zero-order valence-corrected chi connectivity index (χ0v) is 24.8. The van der Waals surface area contributed by atoms with Crippen molar-refractivity contribution in [1.29, 1.82) is 0 Å². The molecular formula is C26H41N7O10S. The molecule has 17 nitrogen and oxygen atoms in total. The van der Waals surface area contributed by atoms with E-state index >= 15 is 0 Å². The third-order valence-corrected chi connectivity index (χ3v) is 6.49. The summed E-state index contributed by atoms with van der Waals surface area (Å²) in [6.07, 6.45) is -1.21. The van der Waals surface area contributed by atoms with E-state index in [2.05, 4.69) is 39.2 Å². The van der Waals surface area contributed by atoms with Gasteiger partial charge >= 0.3 is 5.97 Å². The zero-order valence-electron chi connectivity index (χ0n) is 23.9. The monoisotopic (exact) mass is 643 g/mol. The van der Waals surface area contributed by atoms with Crippen LogP contribution in [0.2, 0.25) is 0 Å². The number of aliphatic carboxylic acids is 1. The van der Waals surface area contributed by atoms with E-state index in [1.807, 2.05) is 0 Å². The molecule has 0 aliphatic heterocycles. The molecule has 44 heavy (non-hydrogen) atoms. The minimum Gasteiger partial charge on any atom is -0.508 e. The first-order valence-electron chi connectivity index (χ1n) is 13.6. The van der Waals surface area contributed by atoms with Gasteiger partial charge in [0.1, 0.15) is 17.8 Å². The quantitative estimate of drug-likeness (QED) is 0.0366. The third-order valence-electron chi connectivity index (χ3n) is 6.09. The van der Waals surface area contributed by atoms with Crippen molar-refractivity contribution in [3.05, 3.63) is 29.8 Å². The van der Waals surface area contributed by atoms with E-state index in [0.717, 1.165) is 0 Å². The maximum atomic E-state index is 13.0. The molecule has 5 amide bonds. The van der Waals surface area contributed by atoms with Gasteiger partial charge in [0.2, 0.25) is 29.5 Å². The van der Waals surface area contributed by atoms with Crippen LogP contribution in [0.25, 0.3) is 0 Å². The third kappa shape index (κ3) is 15.0. The summed E-state index contributed by atoms with van der Waals surface area (Å²) in [7, 11) is 0. The van der Waals surface area contributed by atoms with Crippen LogP contribution in [-0.2, 0) is 35.2 Å². The number of thiol groups is 1. The fraction of sp³-hybridized carbons (Fsp3) is 0.538. The Morgan fingerprint density at radius 1 is 0.818 bits per heavy atom. The number of nitrogens with one attached hydrogen (secondary N) is 5. The Kier molecular flexibility index (Phi) is 17.4. The highest BCUT2D eigenvalue weighted by Gasteiger charge is 2.27. The Morgan fingerprint density at radius 3 is 1.91 bits per heavy atom. The lowest BCUT2D eigenvalue weighted by molar-refractivity contribution is -0.140. The van der Waals surface area contributed by atoms with E-state index < -0.39 is 85.5 Å². The Morgan fingerprint density at radius 2 is 1.39 bits per heavy atom. The highest BCUT2D eigenvalue weighted by atomic mass is 32.1. The number of phenols is 1. The minimum atomic E-state index is -1.91. The second kappa shape index (κ2) is 20.1. The highest BCUT2D eigenvalue weighted by Crippen LogP contribution is 2.12. The van der Waals surface area contributed by atoms with E-state index in [9.17, 15) is 33.9 Å². The van der Waals surface area contributed by atoms with Gasteiger partial charge in [-0.1, -0.05) is 18.6 Å². The van der Waals surface area contributed by atoms with Crippen LogP contribution < -0.4 is 38.1 Å². The standard InChI is InChI=1S/C26H41N7O10S/c27-8-2-1-3-16(28)23(39)33-17(9-14-4-6-15(34)7-5-14)24(40)29-11-20(35)31-18(10-22(37)38)25(41)30-12-21(36)32-19(13-44)26(42)43/h4-7,16-19,26,34,42-44H,1-3,8-13,27-28H2,(H,29,40)(H,30,41)(H,31,35)(H,32,36)(H,33,39)(H,37,38). The van der Waals surface area contributed by atoms with Gasteiger partial charge in [-0.3, -0.25) is 28.8 Å². The van der Waals surface area contributed by atoms with Gasteiger partial charge in [-0.25, -0.2) is 0 Å². The maximum absolute atomic E-state index is 13.0. The zero-order chi connectivity index (χ0) is 33.2. The van der Waals surface area contributed by atoms with Crippen LogP contribution in [0, 0.1) is 0 Å². The molecule has 0 aliphatic carbocycles. The topological polar surface area (TPSA) is 296 Å². The Labute approximate surface area is 258 Å². The number of carboxylic acid groups (broad SMARTS) is 1. The van der Waals surface area contributed by atoms with Crippen LogP contribution in [-0.4, -0.2) is 112 Å². The van der Waals surface area contributed by atoms with Crippen molar-refractivity contribution in [2.24, 2.45) is 11.5 Å². The molecule has 0 aromatic heterocycles. The Bertz CT molecular complexity index is 1120. The van der Waals surface area contributed by atoms with Gasteiger partial charge in [0.05, 0.1) is 31.6 Å². The van der Waals surface area contributed by atoms with Crippen LogP contribution in [0.1, 0.15) is 31.2 Å². The number of aliphatic hydroxyl groups is 2. The number of carbonyl (C=O) groups excluding carboxylic acids is 5. The second-order valence-electron chi connectivity index (χ2n) is 9.75. The predicted molar refractivity (Wildman–Crippen MR) is 159 cm³/mol. The predicted octanol–water partition coefficient (Wildman–Crippen LogP) is -4.21. The SMILES string of the molecule is NCCCCC(N)C(=O)NC(Cc1ccc(O)cc1)C(=O)NCC(=O)NC(CC(=O)O)C(=O)NCC(=O)NC(CS)C(O)O. The van der Waals surface area contributed by atoms with Crippen molar-refractivity contribution in [3.63, 3.8) is 0 Å². The highest BCUT2D eigenvalue weighted by molar-refractivity contribution is 7.80. The molecule has 1 aromatic carbocycles. The van der Waals surface area contributed by atoms with E-state index in [0.29, 0.717) is 31.4 Å². The van der Waals surface area contributed by atoms with Gasteiger partial charge in [0.25, 0.3) is 0 Å². The van der Waals surface area contributed by atoms with E-state index in [-0.39, 0.29) is 17.9 Å². The Hall–Kier alpha value is -3.97. The summed E-state index contributed by atoms with van der Waals surface area (Å²) in [5.41, 5.74) is 12.0. The number of rotatable bonds is 20. The van der Waals surface area contributed by atoms with Crippen LogP contribution in [0.4, 0.5) is 0 Å². The lowest BCUT2D eigenvalue weighted by Gasteiger charge is -2.22. The number of carboxylic acids is 1. The minimum absolute atomic E-state index is 0.0104. The molecular weight excluding hydrogens is 602 g/mol. The number of aromatic hydroxyl groups is 1. The summed E-state index contributed by atoms with van der Waals surface area (Å²) in [6.45, 7) is -0.949. The summed E-state index contributed by atoms with van der Waals surface area (Å²) in [5.74, 6) is -5.79. The van der Waals surface area contributed by atoms with Gasteiger partial charge in [-0.2, -0.15) is 12.6 Å². The smallest absolute Gasteiger partial charge is 0.305 e. The number of hydrogen-bond acceptors (Lipinski definition) is 12. The summed E-state index contributed by atoms with van der Waals surface area (Å²) < 4.78 is 0. The van der Waals surface area contributed by atoms with Crippen molar-refractivity contribution < 1.29 is 49.2 Å². The fourth-order valence-electron chi connectivity index (χ4n) is 3.68. The molecule has 0 spiro atoms. The number of phenolic OH excluding ortho intramolecular Hbond substituents is 1. The molecule has 0 aliphatic rings. The molecule has 1 rings (SSSR count). The molecule has 1 aromatic rings.